The van der Waals surface area contributed by atoms with Gasteiger partial charge in [-0.3, -0.25) is 4.79 Å². The van der Waals surface area contributed by atoms with Crippen LogP contribution >= 0.6 is 0 Å². The van der Waals surface area contributed by atoms with Gasteiger partial charge < -0.3 is 40.3 Å². The van der Waals surface area contributed by atoms with E-state index in [-0.39, 0.29) is 12.5 Å². The maximum absolute atomic E-state index is 12.9. The van der Waals surface area contributed by atoms with E-state index >= 15 is 0 Å². The van der Waals surface area contributed by atoms with Crippen LogP contribution in [0.1, 0.15) is 206 Å². The molecule has 0 aliphatic carbocycles. The van der Waals surface area contributed by atoms with E-state index in [2.05, 4.69) is 31.3 Å². The summed E-state index contributed by atoms with van der Waals surface area (Å²) in [5, 5.41) is 54.0. The first-order valence-corrected chi connectivity index (χ1v) is 23.1. The number of allylic oxidation sites excluding steroid dienone is 3. The SMILES string of the molecule is CCCCCC/C=C/CC/C=C/C(O)C(COC1OC(CO)C(O)C(O)C1O)NC(=O)CCCCCCCCCCCCCCCCCCCCCCCC. The Morgan fingerprint density at radius 2 is 1.04 bits per heavy atom. The van der Waals surface area contributed by atoms with Gasteiger partial charge >= 0.3 is 0 Å². The molecule has 324 valence electrons. The van der Waals surface area contributed by atoms with Gasteiger partial charge in [-0.05, 0) is 32.1 Å². The zero-order valence-electron chi connectivity index (χ0n) is 35.4. The lowest BCUT2D eigenvalue weighted by atomic mass is 9.99. The molecule has 7 unspecified atom stereocenters. The third kappa shape index (κ3) is 27.9. The highest BCUT2D eigenvalue weighted by atomic mass is 16.7. The monoisotopic (exact) mass is 782 g/mol. The van der Waals surface area contributed by atoms with Crippen LogP contribution in [0.15, 0.2) is 24.3 Å². The summed E-state index contributed by atoms with van der Waals surface area (Å²) in [6, 6.07) is -0.815. The molecule has 0 aromatic carbocycles. The Hall–Kier alpha value is -1.33. The number of rotatable bonds is 38. The predicted molar refractivity (Wildman–Crippen MR) is 226 cm³/mol. The second kappa shape index (κ2) is 37.0. The number of unbranched alkanes of at least 4 members (excludes halogenated alkanes) is 26. The summed E-state index contributed by atoms with van der Waals surface area (Å²) in [7, 11) is 0. The highest BCUT2D eigenvalue weighted by Crippen LogP contribution is 2.23. The molecule has 9 nitrogen and oxygen atoms in total. The Morgan fingerprint density at radius 1 is 0.600 bits per heavy atom. The maximum atomic E-state index is 12.9. The zero-order chi connectivity index (χ0) is 40.2. The van der Waals surface area contributed by atoms with Gasteiger partial charge in [0.15, 0.2) is 6.29 Å². The minimum Gasteiger partial charge on any atom is -0.394 e. The lowest BCUT2D eigenvalue weighted by molar-refractivity contribution is -0.302. The maximum Gasteiger partial charge on any atom is 0.220 e. The van der Waals surface area contributed by atoms with Crippen molar-refractivity contribution in [1.29, 1.82) is 0 Å². The van der Waals surface area contributed by atoms with E-state index in [1.54, 1.807) is 6.08 Å². The average molecular weight is 782 g/mol. The van der Waals surface area contributed by atoms with E-state index in [9.17, 15) is 30.3 Å². The normalized spacial score (nSPS) is 21.5. The van der Waals surface area contributed by atoms with Gasteiger partial charge in [0, 0.05) is 6.42 Å². The van der Waals surface area contributed by atoms with Gasteiger partial charge in [-0.25, -0.2) is 0 Å². The van der Waals surface area contributed by atoms with E-state index in [1.165, 1.54) is 148 Å². The number of carbonyl (C=O) groups excluding carboxylic acids is 1. The number of aliphatic hydroxyl groups excluding tert-OH is 5. The number of ether oxygens (including phenoxy) is 2. The first kappa shape index (κ1) is 51.7. The van der Waals surface area contributed by atoms with Crippen LogP contribution in [0.3, 0.4) is 0 Å². The fourth-order valence-electron chi connectivity index (χ4n) is 7.29. The van der Waals surface area contributed by atoms with Crippen molar-refractivity contribution in [2.75, 3.05) is 13.2 Å². The molecular weight excluding hydrogens is 695 g/mol. The van der Waals surface area contributed by atoms with Crippen molar-refractivity contribution in [2.45, 2.75) is 249 Å². The molecule has 0 aromatic heterocycles. The van der Waals surface area contributed by atoms with Crippen LogP contribution in [-0.2, 0) is 14.3 Å². The molecular formula is C46H87NO8. The predicted octanol–water partition coefficient (Wildman–Crippen LogP) is 9.50. The van der Waals surface area contributed by atoms with Crippen molar-refractivity contribution in [3.8, 4) is 0 Å². The van der Waals surface area contributed by atoms with Crippen molar-refractivity contribution >= 4 is 5.91 Å². The van der Waals surface area contributed by atoms with Crippen molar-refractivity contribution < 1.29 is 39.8 Å². The van der Waals surface area contributed by atoms with Gasteiger partial charge in [-0.2, -0.15) is 0 Å². The summed E-state index contributed by atoms with van der Waals surface area (Å²) in [6.07, 6.45) is 36.7. The van der Waals surface area contributed by atoms with Gasteiger partial charge in [0.25, 0.3) is 0 Å². The quantitative estimate of drug-likeness (QED) is 0.0268. The lowest BCUT2D eigenvalue weighted by Gasteiger charge is -2.40. The number of amides is 1. The van der Waals surface area contributed by atoms with E-state index in [4.69, 9.17) is 9.47 Å². The Labute approximate surface area is 337 Å². The Kier molecular flexibility index (Phi) is 34.7. The third-order valence-electron chi connectivity index (χ3n) is 11.0. The molecule has 0 aromatic rings. The fourth-order valence-corrected chi connectivity index (χ4v) is 7.29. The third-order valence-corrected chi connectivity index (χ3v) is 11.0. The molecule has 1 heterocycles. The molecule has 7 atom stereocenters. The second-order valence-corrected chi connectivity index (χ2v) is 16.2. The van der Waals surface area contributed by atoms with Gasteiger partial charge in [-0.15, -0.1) is 0 Å². The summed E-state index contributed by atoms with van der Waals surface area (Å²) >= 11 is 0. The van der Waals surface area contributed by atoms with E-state index in [1.807, 2.05) is 6.08 Å². The van der Waals surface area contributed by atoms with E-state index < -0.39 is 49.5 Å². The molecule has 1 aliphatic rings. The number of aliphatic hydroxyl groups is 5. The molecule has 0 saturated carbocycles. The molecule has 1 rings (SSSR count). The average Bonchev–Trinajstić information content (AvgIpc) is 3.18. The molecule has 0 bridgehead atoms. The standard InChI is InChI=1S/C46H87NO8/c1-3-5-7-9-11-13-15-16-17-18-19-20-21-22-23-24-25-26-28-30-32-34-36-42(50)47-39(38-54-46-45(53)44(52)43(51)41(37-48)55-46)40(49)35-33-31-29-27-14-12-10-8-6-4-2/h14,27,33,35,39-41,43-46,48-49,51-53H,3-13,15-26,28-32,34,36-38H2,1-2H3,(H,47,50)/b27-14+,35-33+. The molecule has 55 heavy (non-hydrogen) atoms. The molecule has 1 fully saturated rings. The summed E-state index contributed by atoms with van der Waals surface area (Å²) in [5.74, 6) is -0.186. The molecule has 1 saturated heterocycles. The zero-order valence-corrected chi connectivity index (χ0v) is 35.4. The van der Waals surface area contributed by atoms with E-state index in [0.717, 1.165) is 38.5 Å². The van der Waals surface area contributed by atoms with Crippen LogP contribution in [-0.4, -0.2) is 87.5 Å². The molecule has 1 amide bonds. The van der Waals surface area contributed by atoms with Crippen molar-refractivity contribution in [3.63, 3.8) is 0 Å². The van der Waals surface area contributed by atoms with Crippen LogP contribution in [0.5, 0.6) is 0 Å². The minimum absolute atomic E-state index is 0.186. The van der Waals surface area contributed by atoms with Crippen LogP contribution in [0.2, 0.25) is 0 Å². The lowest BCUT2D eigenvalue weighted by Crippen LogP contribution is -2.60. The molecule has 0 radical (unpaired) electrons. The Balaban J connectivity index is 2.26. The first-order chi connectivity index (χ1) is 26.8. The van der Waals surface area contributed by atoms with Crippen molar-refractivity contribution in [1.82, 2.24) is 5.32 Å². The minimum atomic E-state index is -1.57. The van der Waals surface area contributed by atoms with Gasteiger partial charge in [-0.1, -0.05) is 192 Å². The first-order valence-electron chi connectivity index (χ1n) is 23.1. The Morgan fingerprint density at radius 3 is 1.53 bits per heavy atom. The van der Waals surface area contributed by atoms with Gasteiger partial charge in [0.1, 0.15) is 24.4 Å². The largest absolute Gasteiger partial charge is 0.394 e. The van der Waals surface area contributed by atoms with Crippen LogP contribution in [0.4, 0.5) is 0 Å². The summed E-state index contributed by atoms with van der Waals surface area (Å²) in [4.78, 5) is 12.9. The number of nitrogens with one attached hydrogen (secondary N) is 1. The summed E-state index contributed by atoms with van der Waals surface area (Å²) in [5.41, 5.74) is 0. The van der Waals surface area contributed by atoms with Crippen LogP contribution in [0, 0.1) is 0 Å². The highest BCUT2D eigenvalue weighted by Gasteiger charge is 2.44. The summed E-state index contributed by atoms with van der Waals surface area (Å²) in [6.45, 7) is 3.72. The number of carbonyl (C=O) groups is 1. The topological polar surface area (TPSA) is 149 Å². The Bertz CT molecular complexity index is 914. The van der Waals surface area contributed by atoms with Crippen molar-refractivity contribution in [3.05, 3.63) is 24.3 Å². The van der Waals surface area contributed by atoms with Gasteiger partial charge in [0.05, 0.1) is 25.4 Å². The number of hydrogen-bond donors (Lipinski definition) is 6. The molecule has 0 spiro atoms. The molecule has 9 heteroatoms. The van der Waals surface area contributed by atoms with Crippen molar-refractivity contribution in [2.24, 2.45) is 0 Å². The molecule has 6 N–H and O–H groups in total. The summed E-state index contributed by atoms with van der Waals surface area (Å²) < 4.78 is 11.2. The number of hydrogen-bond acceptors (Lipinski definition) is 8. The van der Waals surface area contributed by atoms with Gasteiger partial charge in [0.2, 0.25) is 5.91 Å². The van der Waals surface area contributed by atoms with E-state index in [0.29, 0.717) is 6.42 Å². The molecule has 1 aliphatic heterocycles. The van der Waals surface area contributed by atoms with Crippen LogP contribution in [0.25, 0.3) is 0 Å². The second-order valence-electron chi connectivity index (χ2n) is 16.2. The van der Waals surface area contributed by atoms with Crippen LogP contribution < -0.4 is 5.32 Å². The smallest absolute Gasteiger partial charge is 0.220 e. The fraction of sp³-hybridized carbons (Fsp3) is 0.891. The highest BCUT2D eigenvalue weighted by molar-refractivity contribution is 5.76.